The number of non-ortho nitro benzene ring substituents is 1. The summed E-state index contributed by atoms with van der Waals surface area (Å²) in [7, 11) is 1.41. The Bertz CT molecular complexity index is 829. The SMILES string of the molecule is COc1ccc([N+](=O)[O-])cc1C(=O)N1CCN(C(=O)c2cccs2)CC1. The number of nitro groups is 1. The van der Waals surface area contributed by atoms with E-state index in [4.69, 9.17) is 4.74 Å². The van der Waals surface area contributed by atoms with Gasteiger partial charge in [-0.25, -0.2) is 0 Å². The topological polar surface area (TPSA) is 93.0 Å². The van der Waals surface area contributed by atoms with Crippen LogP contribution >= 0.6 is 11.3 Å². The number of carbonyl (C=O) groups excluding carboxylic acids is 2. The van der Waals surface area contributed by atoms with Gasteiger partial charge in [0.2, 0.25) is 0 Å². The Morgan fingerprint density at radius 1 is 1.12 bits per heavy atom. The lowest BCUT2D eigenvalue weighted by molar-refractivity contribution is -0.384. The molecule has 0 unspecified atom stereocenters. The van der Waals surface area contributed by atoms with Gasteiger partial charge in [-0.15, -0.1) is 11.3 Å². The van der Waals surface area contributed by atoms with Crippen molar-refractivity contribution in [3.63, 3.8) is 0 Å². The van der Waals surface area contributed by atoms with Crippen LogP contribution in [0.5, 0.6) is 5.75 Å². The Morgan fingerprint density at radius 3 is 2.31 bits per heavy atom. The van der Waals surface area contributed by atoms with Crippen LogP contribution in [0, 0.1) is 10.1 Å². The Labute approximate surface area is 153 Å². The lowest BCUT2D eigenvalue weighted by Gasteiger charge is -2.34. The number of rotatable bonds is 4. The number of amides is 2. The van der Waals surface area contributed by atoms with Gasteiger partial charge in [0.15, 0.2) is 0 Å². The number of nitrogens with zero attached hydrogens (tertiary/aromatic N) is 3. The van der Waals surface area contributed by atoms with Gasteiger partial charge in [0.25, 0.3) is 17.5 Å². The number of carbonyl (C=O) groups is 2. The predicted molar refractivity (Wildman–Crippen MR) is 95.8 cm³/mol. The van der Waals surface area contributed by atoms with E-state index in [-0.39, 0.29) is 28.8 Å². The zero-order valence-corrected chi connectivity index (χ0v) is 14.9. The molecule has 1 aliphatic rings. The molecule has 9 heteroatoms. The van der Waals surface area contributed by atoms with E-state index in [9.17, 15) is 19.7 Å². The minimum absolute atomic E-state index is 0.0416. The molecule has 0 aliphatic carbocycles. The molecule has 0 saturated carbocycles. The van der Waals surface area contributed by atoms with Crippen molar-refractivity contribution in [1.29, 1.82) is 0 Å². The molecule has 136 valence electrons. The number of hydrogen-bond donors (Lipinski definition) is 0. The molecule has 0 N–H and O–H groups in total. The van der Waals surface area contributed by atoms with Crippen LogP contribution in [0.15, 0.2) is 35.7 Å². The third-order valence-electron chi connectivity index (χ3n) is 4.21. The van der Waals surface area contributed by atoms with Gasteiger partial charge in [-0.05, 0) is 17.5 Å². The summed E-state index contributed by atoms with van der Waals surface area (Å²) in [4.78, 5) is 39.5. The Hall–Kier alpha value is -2.94. The fraction of sp³-hybridized carbons (Fsp3) is 0.294. The molecule has 0 radical (unpaired) electrons. The monoisotopic (exact) mass is 375 g/mol. The minimum atomic E-state index is -0.548. The van der Waals surface area contributed by atoms with Crippen molar-refractivity contribution in [2.45, 2.75) is 0 Å². The van der Waals surface area contributed by atoms with Crippen molar-refractivity contribution in [3.8, 4) is 5.75 Å². The van der Waals surface area contributed by atoms with E-state index in [1.807, 2.05) is 11.4 Å². The summed E-state index contributed by atoms with van der Waals surface area (Å²) in [6.45, 7) is 1.56. The second kappa shape index (κ2) is 7.52. The van der Waals surface area contributed by atoms with Crippen LogP contribution in [0.25, 0.3) is 0 Å². The number of methoxy groups -OCH3 is 1. The largest absolute Gasteiger partial charge is 0.496 e. The summed E-state index contributed by atoms with van der Waals surface area (Å²) >= 11 is 1.39. The van der Waals surface area contributed by atoms with Gasteiger partial charge in [0.05, 0.1) is 22.5 Å². The highest BCUT2D eigenvalue weighted by molar-refractivity contribution is 7.12. The maximum absolute atomic E-state index is 12.8. The molecule has 1 aliphatic heterocycles. The molecule has 3 rings (SSSR count). The molecule has 2 heterocycles. The first-order valence-corrected chi connectivity index (χ1v) is 8.83. The Morgan fingerprint density at radius 2 is 1.77 bits per heavy atom. The first-order chi connectivity index (χ1) is 12.5. The van der Waals surface area contributed by atoms with E-state index in [2.05, 4.69) is 0 Å². The quantitative estimate of drug-likeness (QED) is 0.604. The molecule has 1 saturated heterocycles. The van der Waals surface area contributed by atoms with Crippen LogP contribution in [0.2, 0.25) is 0 Å². The van der Waals surface area contributed by atoms with Crippen molar-refractivity contribution in [1.82, 2.24) is 9.80 Å². The molecule has 26 heavy (non-hydrogen) atoms. The highest BCUT2D eigenvalue weighted by atomic mass is 32.1. The van der Waals surface area contributed by atoms with Crippen molar-refractivity contribution in [2.75, 3.05) is 33.3 Å². The van der Waals surface area contributed by atoms with Crippen LogP contribution in [0.3, 0.4) is 0 Å². The van der Waals surface area contributed by atoms with Crippen molar-refractivity contribution in [2.24, 2.45) is 0 Å². The first kappa shape index (κ1) is 17.9. The summed E-state index contributed by atoms with van der Waals surface area (Å²) in [5.74, 6) is -0.0912. The summed E-state index contributed by atoms with van der Waals surface area (Å²) in [6, 6.07) is 7.55. The van der Waals surface area contributed by atoms with E-state index in [1.165, 1.54) is 36.6 Å². The maximum atomic E-state index is 12.8. The summed E-state index contributed by atoms with van der Waals surface area (Å²) in [6.07, 6.45) is 0. The van der Waals surface area contributed by atoms with Crippen molar-refractivity contribution < 1.29 is 19.2 Å². The van der Waals surface area contributed by atoms with Gasteiger partial charge in [0.1, 0.15) is 5.75 Å². The molecular formula is C17H17N3O5S. The van der Waals surface area contributed by atoms with Crippen molar-refractivity contribution >= 4 is 28.8 Å². The molecule has 2 aromatic rings. The molecule has 8 nitrogen and oxygen atoms in total. The van der Waals surface area contributed by atoms with Crippen LogP contribution in [-0.2, 0) is 0 Å². The fourth-order valence-corrected chi connectivity index (χ4v) is 3.51. The normalized spacial score (nSPS) is 14.2. The Balaban J connectivity index is 1.71. The lowest BCUT2D eigenvalue weighted by atomic mass is 10.1. The molecule has 1 aromatic heterocycles. The summed E-state index contributed by atoms with van der Waals surface area (Å²) in [5.41, 5.74) is -0.0135. The van der Waals surface area contributed by atoms with E-state index in [0.29, 0.717) is 31.1 Å². The molecule has 0 spiro atoms. The van der Waals surface area contributed by atoms with E-state index >= 15 is 0 Å². The summed E-state index contributed by atoms with van der Waals surface area (Å²) in [5, 5.41) is 12.8. The van der Waals surface area contributed by atoms with Gasteiger partial charge in [-0.3, -0.25) is 19.7 Å². The first-order valence-electron chi connectivity index (χ1n) is 7.95. The van der Waals surface area contributed by atoms with E-state index in [0.717, 1.165) is 0 Å². The third-order valence-corrected chi connectivity index (χ3v) is 5.07. The minimum Gasteiger partial charge on any atom is -0.496 e. The maximum Gasteiger partial charge on any atom is 0.270 e. The van der Waals surface area contributed by atoms with Crippen LogP contribution < -0.4 is 4.74 Å². The van der Waals surface area contributed by atoms with Gasteiger partial charge >= 0.3 is 0 Å². The van der Waals surface area contributed by atoms with Gasteiger partial charge in [-0.2, -0.15) is 0 Å². The number of piperazine rings is 1. The van der Waals surface area contributed by atoms with Gasteiger partial charge < -0.3 is 14.5 Å². The molecule has 2 amide bonds. The van der Waals surface area contributed by atoms with Crippen LogP contribution in [0.1, 0.15) is 20.0 Å². The second-order valence-corrected chi connectivity index (χ2v) is 6.65. The summed E-state index contributed by atoms with van der Waals surface area (Å²) < 4.78 is 5.17. The van der Waals surface area contributed by atoms with Crippen LogP contribution in [-0.4, -0.2) is 59.8 Å². The second-order valence-electron chi connectivity index (χ2n) is 5.70. The van der Waals surface area contributed by atoms with E-state index < -0.39 is 4.92 Å². The smallest absolute Gasteiger partial charge is 0.270 e. The Kier molecular flexibility index (Phi) is 5.17. The van der Waals surface area contributed by atoms with Gasteiger partial charge in [0, 0.05) is 38.3 Å². The number of thiophene rings is 1. The molecule has 0 atom stereocenters. The molecule has 0 bridgehead atoms. The van der Waals surface area contributed by atoms with Crippen molar-refractivity contribution in [3.05, 3.63) is 56.3 Å². The third kappa shape index (κ3) is 3.52. The lowest BCUT2D eigenvalue weighted by Crippen LogP contribution is -2.50. The standard InChI is InChI=1S/C17H17N3O5S/c1-25-14-5-4-12(20(23)24)11-13(14)16(21)18-6-8-19(9-7-18)17(22)15-3-2-10-26-15/h2-5,10-11H,6-9H2,1H3. The highest BCUT2D eigenvalue weighted by Gasteiger charge is 2.28. The molecular weight excluding hydrogens is 358 g/mol. The predicted octanol–water partition coefficient (Wildman–Crippen LogP) is 2.26. The number of ether oxygens (including phenoxy) is 1. The van der Waals surface area contributed by atoms with Crippen LogP contribution in [0.4, 0.5) is 5.69 Å². The number of hydrogen-bond acceptors (Lipinski definition) is 6. The zero-order chi connectivity index (χ0) is 18.7. The van der Waals surface area contributed by atoms with E-state index in [1.54, 1.807) is 15.9 Å². The zero-order valence-electron chi connectivity index (χ0n) is 14.1. The molecule has 1 fully saturated rings. The highest BCUT2D eigenvalue weighted by Crippen LogP contribution is 2.26. The van der Waals surface area contributed by atoms with Gasteiger partial charge in [-0.1, -0.05) is 6.07 Å². The average Bonchev–Trinajstić information content (AvgIpc) is 3.21. The average molecular weight is 375 g/mol. The fourth-order valence-electron chi connectivity index (χ4n) is 2.82. The number of benzene rings is 1. The number of nitro benzene ring substituents is 1. The molecule has 1 aromatic carbocycles.